The summed E-state index contributed by atoms with van der Waals surface area (Å²) in [6.07, 6.45) is 9.38. The Bertz CT molecular complexity index is 672. The summed E-state index contributed by atoms with van der Waals surface area (Å²) < 4.78 is 0. The maximum absolute atomic E-state index is 4.18. The maximum Gasteiger partial charge on any atom is -0.00882 e. The molecule has 2 aromatic rings. The van der Waals surface area contributed by atoms with Crippen LogP contribution in [0.25, 0.3) is 16.7 Å². The van der Waals surface area contributed by atoms with Crippen molar-refractivity contribution in [2.75, 3.05) is 0 Å². The molecule has 2 aromatic carbocycles. The Kier molecular flexibility index (Phi) is 3.16. The van der Waals surface area contributed by atoms with Gasteiger partial charge in [-0.1, -0.05) is 79.4 Å². The van der Waals surface area contributed by atoms with Crippen molar-refractivity contribution >= 4 is 5.57 Å². The van der Waals surface area contributed by atoms with Crippen molar-refractivity contribution in [3.8, 4) is 11.1 Å². The fourth-order valence-corrected chi connectivity index (χ4v) is 2.49. The lowest BCUT2D eigenvalue weighted by Gasteiger charge is -2.14. The van der Waals surface area contributed by atoms with Gasteiger partial charge in [-0.3, -0.25) is 0 Å². The molecule has 0 atom stereocenters. The van der Waals surface area contributed by atoms with E-state index in [-0.39, 0.29) is 0 Å². The van der Waals surface area contributed by atoms with Crippen LogP contribution in [0, 0.1) is 0 Å². The summed E-state index contributed by atoms with van der Waals surface area (Å²) in [6.45, 7) is 4.18. The van der Waals surface area contributed by atoms with Crippen LogP contribution in [-0.2, 0) is 6.42 Å². The fraction of sp³-hybridized carbons (Fsp3) is 0.0526. The third-order valence-electron chi connectivity index (χ3n) is 3.46. The zero-order valence-corrected chi connectivity index (χ0v) is 10.8. The Morgan fingerprint density at radius 3 is 2.26 bits per heavy atom. The molecule has 0 N–H and O–H groups in total. The normalized spacial score (nSPS) is 17.2. The Balaban J connectivity index is 2.28. The largest absolute Gasteiger partial charge is 0.0911 e. The number of fused-ring (bicyclic) bond motifs is 3. The zero-order valence-electron chi connectivity index (χ0n) is 10.8. The van der Waals surface area contributed by atoms with E-state index in [1.165, 1.54) is 22.3 Å². The number of benzene rings is 2. The van der Waals surface area contributed by atoms with Gasteiger partial charge in [0.15, 0.2) is 0 Å². The highest BCUT2D eigenvalue weighted by atomic mass is 14.1. The van der Waals surface area contributed by atoms with Crippen molar-refractivity contribution in [1.29, 1.82) is 0 Å². The van der Waals surface area contributed by atoms with E-state index in [4.69, 9.17) is 0 Å². The second-order valence-electron chi connectivity index (χ2n) is 4.72. The quantitative estimate of drug-likeness (QED) is 0.609. The van der Waals surface area contributed by atoms with Crippen LogP contribution < -0.4 is 0 Å². The smallest absolute Gasteiger partial charge is 0.00882 e. The molecule has 19 heavy (non-hydrogen) atoms. The van der Waals surface area contributed by atoms with Crippen molar-refractivity contribution in [2.45, 2.75) is 6.42 Å². The van der Waals surface area contributed by atoms with Crippen molar-refractivity contribution in [3.63, 3.8) is 0 Å². The molecule has 0 spiro atoms. The number of hydrogen-bond donors (Lipinski definition) is 0. The molecular formula is C19H16. The van der Waals surface area contributed by atoms with E-state index in [1.807, 2.05) is 0 Å². The fourth-order valence-electron chi connectivity index (χ4n) is 2.49. The van der Waals surface area contributed by atoms with Gasteiger partial charge < -0.3 is 0 Å². The van der Waals surface area contributed by atoms with E-state index >= 15 is 0 Å². The first-order valence-electron chi connectivity index (χ1n) is 6.56. The molecule has 0 aromatic heterocycles. The van der Waals surface area contributed by atoms with Crippen LogP contribution in [0.3, 0.4) is 0 Å². The number of allylic oxidation sites excluding steroid dienone is 5. The number of rotatable bonds is 0. The molecule has 1 aliphatic carbocycles. The minimum atomic E-state index is 0.960. The summed E-state index contributed by atoms with van der Waals surface area (Å²) in [5.74, 6) is 0. The average Bonchev–Trinajstić information content (AvgIpc) is 2.47. The molecular weight excluding hydrogens is 228 g/mol. The van der Waals surface area contributed by atoms with Crippen molar-refractivity contribution in [1.82, 2.24) is 0 Å². The Morgan fingerprint density at radius 1 is 0.737 bits per heavy atom. The second-order valence-corrected chi connectivity index (χ2v) is 4.72. The maximum atomic E-state index is 4.18. The molecule has 0 amide bonds. The van der Waals surface area contributed by atoms with Gasteiger partial charge in [-0.05, 0) is 34.2 Å². The SMILES string of the molecule is C=C1/C=C\C=C/Cc2ccccc2-c2ccccc21. The molecule has 0 bridgehead atoms. The molecule has 0 saturated heterocycles. The lowest BCUT2D eigenvalue weighted by atomic mass is 9.90. The third-order valence-corrected chi connectivity index (χ3v) is 3.46. The van der Waals surface area contributed by atoms with E-state index in [9.17, 15) is 0 Å². The van der Waals surface area contributed by atoms with Gasteiger partial charge in [0.05, 0.1) is 0 Å². The van der Waals surface area contributed by atoms with Crippen molar-refractivity contribution < 1.29 is 0 Å². The van der Waals surface area contributed by atoms with Gasteiger partial charge in [-0.2, -0.15) is 0 Å². The van der Waals surface area contributed by atoms with Crippen LogP contribution in [-0.4, -0.2) is 0 Å². The van der Waals surface area contributed by atoms with Gasteiger partial charge in [0.1, 0.15) is 0 Å². The minimum Gasteiger partial charge on any atom is -0.0911 e. The van der Waals surface area contributed by atoms with Gasteiger partial charge >= 0.3 is 0 Å². The standard InChI is InChI=1S/C19H16/c1-15-9-3-2-4-10-16-11-5-6-13-18(16)19-14-8-7-12-17(15)19/h2-9,11-14H,1,10H2/b4-2-,9-3-. The summed E-state index contributed by atoms with van der Waals surface area (Å²) in [5.41, 5.74) is 6.19. The van der Waals surface area contributed by atoms with Gasteiger partial charge in [-0.15, -0.1) is 0 Å². The first-order chi connectivity index (χ1) is 9.36. The highest BCUT2D eigenvalue weighted by molar-refractivity contribution is 5.85. The summed E-state index contributed by atoms with van der Waals surface area (Å²) >= 11 is 0. The molecule has 0 radical (unpaired) electrons. The molecule has 0 nitrogen and oxygen atoms in total. The minimum absolute atomic E-state index is 0.960. The van der Waals surface area contributed by atoms with Crippen molar-refractivity contribution in [3.05, 3.63) is 90.5 Å². The Hall–Kier alpha value is -2.34. The zero-order chi connectivity index (χ0) is 13.1. The predicted molar refractivity (Wildman–Crippen MR) is 82.9 cm³/mol. The van der Waals surface area contributed by atoms with Gasteiger partial charge in [-0.25, -0.2) is 0 Å². The van der Waals surface area contributed by atoms with Gasteiger partial charge in [0.25, 0.3) is 0 Å². The average molecular weight is 244 g/mol. The van der Waals surface area contributed by atoms with E-state index in [1.54, 1.807) is 0 Å². The molecule has 3 rings (SSSR count). The topological polar surface area (TPSA) is 0 Å². The molecule has 0 unspecified atom stereocenters. The predicted octanol–water partition coefficient (Wildman–Crippen LogP) is 5.04. The lowest BCUT2D eigenvalue weighted by molar-refractivity contribution is 1.27. The molecule has 0 saturated carbocycles. The molecule has 0 aliphatic heterocycles. The first-order valence-corrected chi connectivity index (χ1v) is 6.56. The molecule has 1 aliphatic rings. The summed E-state index contributed by atoms with van der Waals surface area (Å²) in [6, 6.07) is 17.1. The molecule has 0 fully saturated rings. The summed E-state index contributed by atoms with van der Waals surface area (Å²) in [5, 5.41) is 0. The molecule has 0 heterocycles. The van der Waals surface area contributed by atoms with Crippen molar-refractivity contribution in [2.24, 2.45) is 0 Å². The van der Waals surface area contributed by atoms with Crippen LogP contribution in [0.5, 0.6) is 0 Å². The van der Waals surface area contributed by atoms with Crippen LogP contribution in [0.15, 0.2) is 79.4 Å². The lowest BCUT2D eigenvalue weighted by Crippen LogP contribution is -1.93. The highest BCUT2D eigenvalue weighted by Crippen LogP contribution is 2.32. The van der Waals surface area contributed by atoms with Gasteiger partial charge in [0.2, 0.25) is 0 Å². The second kappa shape index (κ2) is 5.11. The van der Waals surface area contributed by atoms with Crippen LogP contribution in [0.4, 0.5) is 0 Å². The van der Waals surface area contributed by atoms with Crippen LogP contribution >= 0.6 is 0 Å². The molecule has 92 valence electrons. The first kappa shape index (κ1) is 11.7. The van der Waals surface area contributed by atoms with Crippen LogP contribution in [0.1, 0.15) is 11.1 Å². The van der Waals surface area contributed by atoms with E-state index in [0.717, 1.165) is 12.0 Å². The number of hydrogen-bond acceptors (Lipinski definition) is 0. The monoisotopic (exact) mass is 244 g/mol. The van der Waals surface area contributed by atoms with Gasteiger partial charge in [0, 0.05) is 0 Å². The van der Waals surface area contributed by atoms with E-state index in [2.05, 4.69) is 79.4 Å². The van der Waals surface area contributed by atoms with E-state index < -0.39 is 0 Å². The highest BCUT2D eigenvalue weighted by Gasteiger charge is 2.09. The Labute approximate surface area is 114 Å². The Morgan fingerprint density at radius 2 is 1.42 bits per heavy atom. The molecule has 0 heteroatoms. The van der Waals surface area contributed by atoms with E-state index in [0.29, 0.717) is 0 Å². The van der Waals surface area contributed by atoms with Crippen LogP contribution in [0.2, 0.25) is 0 Å². The summed E-state index contributed by atoms with van der Waals surface area (Å²) in [4.78, 5) is 0. The summed E-state index contributed by atoms with van der Waals surface area (Å²) in [7, 11) is 0. The third kappa shape index (κ3) is 2.30.